The van der Waals surface area contributed by atoms with Crippen molar-refractivity contribution >= 4 is 50.5 Å². The molecule has 0 unspecified atom stereocenters. The van der Waals surface area contributed by atoms with Gasteiger partial charge in [0.1, 0.15) is 11.6 Å². The first kappa shape index (κ1) is 25.9. The zero-order chi connectivity index (χ0) is 21.7. The smallest absolute Gasteiger partial charge is 0.335 e. The predicted octanol–water partition coefficient (Wildman–Crippen LogP) is 3.46. The molecule has 6 nitrogen and oxygen atoms in total. The number of anilines is 1. The van der Waals surface area contributed by atoms with Crippen molar-refractivity contribution in [2.24, 2.45) is 0 Å². The largest absolute Gasteiger partial charge is 0.370 e. The van der Waals surface area contributed by atoms with E-state index in [1.54, 1.807) is 6.07 Å². The highest BCUT2D eigenvalue weighted by molar-refractivity contribution is 9.10. The molecule has 2 rings (SSSR count). The Kier molecular flexibility index (Phi) is 12.9. The molecule has 0 atom stereocenters. The highest BCUT2D eigenvalue weighted by atomic mass is 79.9. The number of nitrogens with zero attached hydrogens (tertiary/aromatic N) is 1. The Balaban J connectivity index is 0.00000108. The normalized spacial score (nSPS) is 9.18. The number of ketones is 1. The van der Waals surface area contributed by atoms with E-state index in [-0.39, 0.29) is 11.3 Å². The SMILES string of the molecule is CCN(CC)c1cc(Br)c(C(=O)c2ccc(F)cc2)cc1F.O=S=O.O=S=O. The lowest BCUT2D eigenvalue weighted by molar-refractivity contribution is 0.103. The molecule has 2 aromatic rings. The average molecular weight is 496 g/mol. The summed E-state index contributed by atoms with van der Waals surface area (Å²) in [7, 11) is 0. The van der Waals surface area contributed by atoms with E-state index < -0.39 is 34.8 Å². The number of carbonyl (C=O) groups is 1. The molecule has 2 aromatic carbocycles. The second-order valence-corrected chi connectivity index (χ2v) is 6.05. The third kappa shape index (κ3) is 7.87. The van der Waals surface area contributed by atoms with Gasteiger partial charge in [0.2, 0.25) is 0 Å². The molecule has 152 valence electrons. The molecule has 0 saturated carbocycles. The summed E-state index contributed by atoms with van der Waals surface area (Å²) < 4.78 is 60.9. The van der Waals surface area contributed by atoms with Crippen LogP contribution in [0, 0.1) is 11.6 Å². The Labute approximate surface area is 176 Å². The molecule has 0 amide bonds. The zero-order valence-electron chi connectivity index (χ0n) is 14.8. The van der Waals surface area contributed by atoms with Crippen molar-refractivity contribution in [2.45, 2.75) is 13.8 Å². The number of hydrogen-bond donors (Lipinski definition) is 0. The second-order valence-electron chi connectivity index (χ2n) is 4.93. The highest BCUT2D eigenvalue weighted by Gasteiger charge is 2.18. The van der Waals surface area contributed by atoms with E-state index in [0.29, 0.717) is 28.8 Å². The number of carbonyl (C=O) groups excluding carboxylic acids is 1. The van der Waals surface area contributed by atoms with Gasteiger partial charge in [-0.2, -0.15) is 16.8 Å². The third-order valence-corrected chi connectivity index (χ3v) is 4.15. The van der Waals surface area contributed by atoms with E-state index >= 15 is 0 Å². The summed E-state index contributed by atoms with van der Waals surface area (Å²) in [5, 5.41) is 0. The molecule has 0 aliphatic rings. The van der Waals surface area contributed by atoms with E-state index in [4.69, 9.17) is 16.8 Å². The zero-order valence-corrected chi connectivity index (χ0v) is 18.0. The summed E-state index contributed by atoms with van der Waals surface area (Å²) in [4.78, 5) is 14.3. The van der Waals surface area contributed by atoms with E-state index in [0.717, 1.165) is 0 Å². The van der Waals surface area contributed by atoms with Crippen molar-refractivity contribution in [1.82, 2.24) is 0 Å². The van der Waals surface area contributed by atoms with Gasteiger partial charge < -0.3 is 4.90 Å². The van der Waals surface area contributed by atoms with Gasteiger partial charge in [0.15, 0.2) is 5.78 Å². The van der Waals surface area contributed by atoms with Gasteiger partial charge >= 0.3 is 23.1 Å². The average Bonchev–Trinajstić information content (AvgIpc) is 2.66. The van der Waals surface area contributed by atoms with Gasteiger partial charge in [-0.15, -0.1) is 0 Å². The van der Waals surface area contributed by atoms with E-state index in [2.05, 4.69) is 15.9 Å². The van der Waals surface area contributed by atoms with Crippen LogP contribution in [0.25, 0.3) is 0 Å². The maximum atomic E-state index is 14.3. The first-order valence-electron chi connectivity index (χ1n) is 7.68. The molecule has 0 bridgehead atoms. The van der Waals surface area contributed by atoms with Crippen molar-refractivity contribution in [3.63, 3.8) is 0 Å². The molecule has 0 aliphatic carbocycles. The fourth-order valence-corrected chi connectivity index (χ4v) is 2.79. The summed E-state index contributed by atoms with van der Waals surface area (Å²) in [5.41, 5.74) is 0.990. The van der Waals surface area contributed by atoms with Gasteiger partial charge in [-0.05, 0) is 66.2 Å². The minimum atomic E-state index is -0.750. The predicted molar refractivity (Wildman–Crippen MR) is 105 cm³/mol. The second kappa shape index (κ2) is 14.0. The Morgan fingerprint density at radius 1 is 0.964 bits per heavy atom. The van der Waals surface area contributed by atoms with Gasteiger partial charge in [-0.25, -0.2) is 8.78 Å². The Morgan fingerprint density at radius 2 is 1.43 bits per heavy atom. The molecular weight excluding hydrogens is 480 g/mol. The molecule has 0 heterocycles. The summed E-state index contributed by atoms with van der Waals surface area (Å²) in [6, 6.07) is 8.03. The molecule has 28 heavy (non-hydrogen) atoms. The molecule has 0 fully saturated rings. The molecule has 0 aromatic heterocycles. The van der Waals surface area contributed by atoms with Crippen LogP contribution in [0.1, 0.15) is 29.8 Å². The summed E-state index contributed by atoms with van der Waals surface area (Å²) in [6.45, 7) is 5.22. The molecule has 0 aliphatic heterocycles. The number of hydrogen-bond acceptors (Lipinski definition) is 6. The van der Waals surface area contributed by atoms with E-state index in [9.17, 15) is 13.6 Å². The Morgan fingerprint density at radius 3 is 1.86 bits per heavy atom. The minimum absolute atomic E-state index is 0.222. The molecule has 0 radical (unpaired) electrons. The maximum absolute atomic E-state index is 14.3. The molecule has 11 heteroatoms. The van der Waals surface area contributed by atoms with Crippen molar-refractivity contribution in [1.29, 1.82) is 0 Å². The third-order valence-electron chi connectivity index (χ3n) is 3.49. The highest BCUT2D eigenvalue weighted by Crippen LogP contribution is 2.29. The molecule has 0 saturated heterocycles. The maximum Gasteiger partial charge on any atom is 0.335 e. The van der Waals surface area contributed by atoms with Gasteiger partial charge in [-0.3, -0.25) is 4.79 Å². The van der Waals surface area contributed by atoms with Crippen LogP contribution in [0.15, 0.2) is 40.9 Å². The first-order chi connectivity index (χ1) is 13.3. The quantitative estimate of drug-likeness (QED) is 0.590. The molecular formula is C17H16BrF2NO5S2. The topological polar surface area (TPSA) is 88.6 Å². The summed E-state index contributed by atoms with van der Waals surface area (Å²) >= 11 is 1.83. The van der Waals surface area contributed by atoms with Crippen LogP contribution in [0.5, 0.6) is 0 Å². The van der Waals surface area contributed by atoms with E-state index in [1.165, 1.54) is 30.3 Å². The Hall–Kier alpha value is -2.11. The van der Waals surface area contributed by atoms with Crippen molar-refractivity contribution in [3.8, 4) is 0 Å². The van der Waals surface area contributed by atoms with Crippen molar-refractivity contribution in [2.75, 3.05) is 18.0 Å². The van der Waals surface area contributed by atoms with Crippen LogP contribution >= 0.6 is 15.9 Å². The van der Waals surface area contributed by atoms with Crippen LogP contribution < -0.4 is 4.90 Å². The van der Waals surface area contributed by atoms with Crippen molar-refractivity contribution in [3.05, 3.63) is 63.6 Å². The van der Waals surface area contributed by atoms with Gasteiger partial charge in [0.25, 0.3) is 0 Å². The van der Waals surface area contributed by atoms with Crippen molar-refractivity contribution < 1.29 is 30.4 Å². The number of benzene rings is 2. The number of rotatable bonds is 5. The summed E-state index contributed by atoms with van der Waals surface area (Å²) in [5.74, 6) is -1.21. The van der Waals surface area contributed by atoms with Gasteiger partial charge in [0.05, 0.1) is 5.69 Å². The fourth-order valence-electron chi connectivity index (χ4n) is 2.27. The lowest BCUT2D eigenvalue weighted by atomic mass is 10.0. The standard InChI is InChI=1S/C17H16BrF2NO.2O2S/c1-3-21(4-2)16-10-14(18)13(9-15(16)20)17(22)11-5-7-12(19)8-6-11;2*1-3-2/h5-10H,3-4H2,1-2H3;;. The van der Waals surface area contributed by atoms with Crippen LogP contribution in [0.4, 0.5) is 14.5 Å². The minimum Gasteiger partial charge on any atom is -0.370 e. The van der Waals surface area contributed by atoms with Crippen LogP contribution in [-0.2, 0) is 23.1 Å². The van der Waals surface area contributed by atoms with Crippen LogP contribution in [-0.4, -0.2) is 35.7 Å². The molecule has 0 spiro atoms. The lowest BCUT2D eigenvalue weighted by Gasteiger charge is -2.22. The van der Waals surface area contributed by atoms with E-state index in [1.807, 2.05) is 18.7 Å². The molecule has 0 N–H and O–H groups in total. The fraction of sp³-hybridized carbons (Fsp3) is 0.235. The Bertz CT molecular complexity index is 853. The summed E-state index contributed by atoms with van der Waals surface area (Å²) in [6.07, 6.45) is 0. The van der Waals surface area contributed by atoms with Gasteiger partial charge in [0, 0.05) is 28.7 Å². The lowest BCUT2D eigenvalue weighted by Crippen LogP contribution is -2.23. The van der Waals surface area contributed by atoms with Gasteiger partial charge in [-0.1, -0.05) is 0 Å². The monoisotopic (exact) mass is 495 g/mol. The number of halogens is 3. The van der Waals surface area contributed by atoms with Crippen LogP contribution in [0.2, 0.25) is 0 Å². The first-order valence-corrected chi connectivity index (χ1v) is 9.81. The van der Waals surface area contributed by atoms with Crippen LogP contribution in [0.3, 0.4) is 0 Å².